The molecule has 2 aromatic heterocycles. The van der Waals surface area contributed by atoms with E-state index in [2.05, 4.69) is 35.8 Å². The SMILES string of the molecule is CC.CC.O=C(Nc1ccc(F)cc1)C1(C(=O)Nc2ccc(Oc3ccnc4ncc(NCCCN5CCOCC5)nc34)c(F)c2)CC1. The molecule has 2 aromatic carbocycles. The molecule has 1 saturated carbocycles. The first-order valence-corrected chi connectivity index (χ1v) is 16.4. The van der Waals surface area contributed by atoms with Crippen molar-refractivity contribution in [2.75, 3.05) is 55.3 Å². The van der Waals surface area contributed by atoms with Crippen molar-refractivity contribution in [3.63, 3.8) is 0 Å². The van der Waals surface area contributed by atoms with E-state index in [1.807, 2.05) is 27.7 Å². The van der Waals surface area contributed by atoms with Crippen molar-refractivity contribution in [3.05, 3.63) is 72.6 Å². The van der Waals surface area contributed by atoms with Gasteiger partial charge in [0.05, 0.1) is 19.4 Å². The molecule has 0 spiro atoms. The Kier molecular flexibility index (Phi) is 13.1. The molecule has 11 nitrogen and oxygen atoms in total. The van der Waals surface area contributed by atoms with Crippen molar-refractivity contribution in [3.8, 4) is 11.5 Å². The smallest absolute Gasteiger partial charge is 0.240 e. The molecule has 0 atom stereocenters. The summed E-state index contributed by atoms with van der Waals surface area (Å²) >= 11 is 0. The lowest BCUT2D eigenvalue weighted by atomic mass is 10.0. The van der Waals surface area contributed by atoms with Crippen LogP contribution in [0.2, 0.25) is 0 Å². The lowest BCUT2D eigenvalue weighted by Crippen LogP contribution is -2.37. The number of benzene rings is 2. The number of pyridine rings is 1. The van der Waals surface area contributed by atoms with Gasteiger partial charge in [0.25, 0.3) is 0 Å². The van der Waals surface area contributed by atoms with Crippen molar-refractivity contribution in [2.45, 2.75) is 47.0 Å². The summed E-state index contributed by atoms with van der Waals surface area (Å²) in [5, 5.41) is 8.55. The second-order valence-corrected chi connectivity index (χ2v) is 10.7. The molecule has 0 radical (unpaired) electrons. The summed E-state index contributed by atoms with van der Waals surface area (Å²) in [5.74, 6) is -1.48. The molecule has 1 saturated heterocycles. The van der Waals surface area contributed by atoms with Crippen molar-refractivity contribution in [1.82, 2.24) is 19.9 Å². The highest BCUT2D eigenvalue weighted by Crippen LogP contribution is 2.47. The molecule has 0 bridgehead atoms. The van der Waals surface area contributed by atoms with Crippen LogP contribution >= 0.6 is 0 Å². The van der Waals surface area contributed by atoms with E-state index in [4.69, 9.17) is 9.47 Å². The second-order valence-electron chi connectivity index (χ2n) is 10.7. The van der Waals surface area contributed by atoms with Crippen molar-refractivity contribution in [2.24, 2.45) is 5.41 Å². The van der Waals surface area contributed by atoms with Crippen molar-refractivity contribution in [1.29, 1.82) is 0 Å². The minimum absolute atomic E-state index is 0.0867. The van der Waals surface area contributed by atoms with Crippen LogP contribution in [-0.2, 0) is 14.3 Å². The van der Waals surface area contributed by atoms with E-state index >= 15 is 4.39 Å². The number of nitrogens with one attached hydrogen (secondary N) is 3. The Morgan fingerprint density at radius 2 is 1.56 bits per heavy atom. The molecule has 0 unspecified atom stereocenters. The molecule has 2 aliphatic rings. The summed E-state index contributed by atoms with van der Waals surface area (Å²) < 4.78 is 39.6. The van der Waals surface area contributed by atoms with E-state index in [-0.39, 0.29) is 17.2 Å². The van der Waals surface area contributed by atoms with Crippen LogP contribution in [-0.4, -0.2) is 71.1 Å². The highest BCUT2D eigenvalue weighted by Gasteiger charge is 2.56. The van der Waals surface area contributed by atoms with Crippen LogP contribution in [0.25, 0.3) is 11.2 Å². The maximum Gasteiger partial charge on any atom is 0.240 e. The average molecular weight is 664 g/mol. The summed E-state index contributed by atoms with van der Waals surface area (Å²) in [5.41, 5.74) is -0.0144. The molecule has 13 heteroatoms. The summed E-state index contributed by atoms with van der Waals surface area (Å²) in [4.78, 5) is 41.4. The zero-order chi connectivity index (χ0) is 34.5. The van der Waals surface area contributed by atoms with Gasteiger partial charge in [0, 0.05) is 49.3 Å². The number of halogens is 2. The van der Waals surface area contributed by atoms with Gasteiger partial charge < -0.3 is 25.4 Å². The summed E-state index contributed by atoms with van der Waals surface area (Å²) in [6, 6.07) is 10.8. The molecule has 2 fully saturated rings. The van der Waals surface area contributed by atoms with Gasteiger partial charge in [-0.05, 0) is 62.2 Å². The molecule has 3 N–H and O–H groups in total. The largest absolute Gasteiger partial charge is 0.452 e. The molecular weight excluding hydrogens is 620 g/mol. The number of anilines is 3. The van der Waals surface area contributed by atoms with Gasteiger partial charge >= 0.3 is 0 Å². The molecule has 4 aromatic rings. The topological polar surface area (TPSA) is 131 Å². The molecular formula is C35H43F2N7O4. The van der Waals surface area contributed by atoms with E-state index < -0.39 is 28.9 Å². The standard InChI is InChI=1S/C31H31F2N7O4.2C2H6/c32-20-2-4-21(5-3-20)37-29(41)31(9-10-31)30(42)38-22-6-7-24(23(33)18-22)44-25-8-12-35-28-27(25)39-26(19-36-28)34-11-1-13-40-14-16-43-17-15-40;2*1-2/h2-8,12,18-19H,1,9-11,13-17H2,(H,34,39)(H,37,41)(H,38,42);2*1-2H3. The van der Waals surface area contributed by atoms with Gasteiger partial charge in [-0.15, -0.1) is 0 Å². The molecule has 2 amide bonds. The number of nitrogens with zero attached hydrogens (tertiary/aromatic N) is 4. The van der Waals surface area contributed by atoms with Crippen LogP contribution in [0.15, 0.2) is 60.9 Å². The minimum Gasteiger partial charge on any atom is -0.452 e. The predicted octanol–water partition coefficient (Wildman–Crippen LogP) is 6.64. The van der Waals surface area contributed by atoms with Crippen molar-refractivity contribution >= 4 is 40.2 Å². The number of hydrogen-bond donors (Lipinski definition) is 3. The van der Waals surface area contributed by atoms with E-state index in [1.165, 1.54) is 42.6 Å². The Morgan fingerprint density at radius 1 is 0.896 bits per heavy atom. The van der Waals surface area contributed by atoms with Crippen molar-refractivity contribution < 1.29 is 27.8 Å². The third-order valence-corrected chi connectivity index (χ3v) is 7.60. The number of rotatable bonds is 11. The van der Waals surface area contributed by atoms with Crippen LogP contribution < -0.4 is 20.7 Å². The predicted molar refractivity (Wildman–Crippen MR) is 182 cm³/mol. The Labute approximate surface area is 279 Å². The van der Waals surface area contributed by atoms with Gasteiger partial charge in [-0.2, -0.15) is 0 Å². The van der Waals surface area contributed by atoms with Gasteiger partial charge in [0.1, 0.15) is 17.1 Å². The second kappa shape index (κ2) is 17.4. The first-order valence-electron chi connectivity index (χ1n) is 16.4. The zero-order valence-electron chi connectivity index (χ0n) is 27.8. The van der Waals surface area contributed by atoms with Crippen LogP contribution in [0.1, 0.15) is 47.0 Å². The van der Waals surface area contributed by atoms with E-state index in [1.54, 1.807) is 12.3 Å². The van der Waals surface area contributed by atoms with E-state index in [9.17, 15) is 14.0 Å². The number of fused-ring (bicyclic) bond motifs is 1. The molecule has 6 rings (SSSR count). The van der Waals surface area contributed by atoms with Crippen LogP contribution in [0, 0.1) is 17.0 Å². The number of amides is 2. The molecule has 256 valence electrons. The monoisotopic (exact) mass is 663 g/mol. The fraction of sp³-hybridized carbons (Fsp3) is 0.400. The highest BCUT2D eigenvalue weighted by atomic mass is 19.1. The van der Waals surface area contributed by atoms with Crippen LogP contribution in [0.4, 0.5) is 26.0 Å². The van der Waals surface area contributed by atoms with Gasteiger partial charge in [-0.25, -0.2) is 23.7 Å². The fourth-order valence-corrected chi connectivity index (χ4v) is 4.91. The number of carbonyl (C=O) groups is 2. The third-order valence-electron chi connectivity index (χ3n) is 7.60. The maximum absolute atomic E-state index is 15.2. The molecule has 1 aliphatic heterocycles. The van der Waals surface area contributed by atoms with Gasteiger partial charge in [-0.3, -0.25) is 14.5 Å². The van der Waals surface area contributed by atoms with Gasteiger partial charge in [0.2, 0.25) is 11.8 Å². The van der Waals surface area contributed by atoms with Gasteiger partial charge in [0.15, 0.2) is 28.5 Å². The Bertz CT molecular complexity index is 1660. The lowest BCUT2D eigenvalue weighted by molar-refractivity contribution is -0.131. The van der Waals surface area contributed by atoms with Crippen LogP contribution in [0.3, 0.4) is 0 Å². The van der Waals surface area contributed by atoms with E-state index in [0.29, 0.717) is 42.1 Å². The van der Waals surface area contributed by atoms with Gasteiger partial charge in [-0.1, -0.05) is 27.7 Å². The maximum atomic E-state index is 15.2. The average Bonchev–Trinajstić information content (AvgIpc) is 3.94. The summed E-state index contributed by atoms with van der Waals surface area (Å²) in [7, 11) is 0. The number of morpholine rings is 1. The fourth-order valence-electron chi connectivity index (χ4n) is 4.91. The first kappa shape index (κ1) is 36.1. The summed E-state index contributed by atoms with van der Waals surface area (Å²) in [6.45, 7) is 13.0. The minimum atomic E-state index is -1.27. The number of aromatic nitrogens is 3. The highest BCUT2D eigenvalue weighted by molar-refractivity contribution is 6.16. The van der Waals surface area contributed by atoms with Crippen LogP contribution in [0.5, 0.6) is 11.5 Å². The molecule has 48 heavy (non-hydrogen) atoms. The number of hydrogen-bond acceptors (Lipinski definition) is 9. The Balaban J connectivity index is 0.00000125. The number of ether oxygens (including phenoxy) is 2. The normalized spacial score (nSPS) is 14.8. The molecule has 1 aliphatic carbocycles. The third kappa shape index (κ3) is 9.20. The lowest BCUT2D eigenvalue weighted by Gasteiger charge is -2.26. The number of carbonyl (C=O) groups excluding carboxylic acids is 2. The Morgan fingerprint density at radius 3 is 2.23 bits per heavy atom. The Hall–Kier alpha value is -4.75. The zero-order valence-corrected chi connectivity index (χ0v) is 27.8. The summed E-state index contributed by atoms with van der Waals surface area (Å²) in [6.07, 6.45) is 4.70. The quantitative estimate of drug-likeness (QED) is 0.119. The first-order chi connectivity index (χ1) is 23.4. The molecule has 3 heterocycles. The van der Waals surface area contributed by atoms with E-state index in [0.717, 1.165) is 45.3 Å².